The fourth-order valence-corrected chi connectivity index (χ4v) is 3.56. The summed E-state index contributed by atoms with van der Waals surface area (Å²) in [5.74, 6) is 4.15. The molecule has 0 saturated carbocycles. The molecule has 0 fully saturated rings. The van der Waals surface area contributed by atoms with Gasteiger partial charge in [0.25, 0.3) is 0 Å². The van der Waals surface area contributed by atoms with E-state index in [4.69, 9.17) is 5.73 Å². The van der Waals surface area contributed by atoms with E-state index in [1.165, 1.54) is 4.88 Å². The minimum absolute atomic E-state index is 0.621. The van der Waals surface area contributed by atoms with Crippen LogP contribution in [-0.4, -0.2) is 15.7 Å². The number of nitrogens with zero attached hydrogens (tertiary/aromatic N) is 2. The molecule has 98 valence electrons. The Balaban J connectivity index is 2.19. The summed E-state index contributed by atoms with van der Waals surface area (Å²) in [4.78, 5) is 11.4. The van der Waals surface area contributed by atoms with E-state index in [9.17, 15) is 0 Å². The molecule has 5 heteroatoms. The summed E-state index contributed by atoms with van der Waals surface area (Å²) < 4.78 is 0. The number of nitrogens with two attached hydrogens (primary N) is 1. The van der Waals surface area contributed by atoms with Crippen LogP contribution in [0.4, 0.5) is 5.82 Å². The summed E-state index contributed by atoms with van der Waals surface area (Å²) in [6, 6.07) is 2.11. The molecule has 18 heavy (non-hydrogen) atoms. The second-order valence-corrected chi connectivity index (χ2v) is 6.86. The Kier molecular flexibility index (Phi) is 4.45. The molecule has 2 rings (SSSR count). The molecule has 0 aliphatic heterocycles. The van der Waals surface area contributed by atoms with Crippen molar-refractivity contribution < 1.29 is 0 Å². The Hall–Kier alpha value is -0.810. The van der Waals surface area contributed by atoms with Gasteiger partial charge >= 0.3 is 0 Å². The number of fused-ring (bicyclic) bond motifs is 1. The first-order valence-corrected chi connectivity index (χ1v) is 8.19. The van der Waals surface area contributed by atoms with Crippen LogP contribution < -0.4 is 5.73 Å². The molecule has 0 spiro atoms. The lowest BCUT2D eigenvalue weighted by molar-refractivity contribution is 0.750. The Morgan fingerprint density at radius 2 is 2.17 bits per heavy atom. The molecule has 0 unspecified atom stereocenters. The van der Waals surface area contributed by atoms with E-state index in [0.717, 1.165) is 34.0 Å². The first-order chi connectivity index (χ1) is 8.60. The molecule has 0 bridgehead atoms. The van der Waals surface area contributed by atoms with Crippen molar-refractivity contribution in [2.45, 2.75) is 32.9 Å². The third-order valence-electron chi connectivity index (χ3n) is 2.55. The second-order valence-electron chi connectivity index (χ2n) is 4.72. The molecular weight excluding hydrogens is 262 g/mol. The molecule has 0 aromatic carbocycles. The van der Waals surface area contributed by atoms with Crippen LogP contribution in [0.3, 0.4) is 0 Å². The fourth-order valence-electron chi connectivity index (χ4n) is 1.66. The number of nitrogen functional groups attached to an aromatic ring is 1. The van der Waals surface area contributed by atoms with Crippen LogP contribution in [0.15, 0.2) is 6.07 Å². The molecule has 0 saturated heterocycles. The van der Waals surface area contributed by atoms with Crippen molar-refractivity contribution in [2.75, 3.05) is 11.5 Å². The number of anilines is 1. The highest BCUT2D eigenvalue weighted by Gasteiger charge is 2.09. The number of hydrogen-bond donors (Lipinski definition) is 1. The normalized spacial score (nSPS) is 11.6. The van der Waals surface area contributed by atoms with E-state index in [-0.39, 0.29) is 0 Å². The van der Waals surface area contributed by atoms with Gasteiger partial charge < -0.3 is 5.73 Å². The van der Waals surface area contributed by atoms with Gasteiger partial charge in [-0.25, -0.2) is 9.97 Å². The Morgan fingerprint density at radius 3 is 2.83 bits per heavy atom. The summed E-state index contributed by atoms with van der Waals surface area (Å²) in [5, 5.41) is 1.01. The van der Waals surface area contributed by atoms with Crippen molar-refractivity contribution in [3.8, 4) is 0 Å². The number of hydrogen-bond acceptors (Lipinski definition) is 5. The van der Waals surface area contributed by atoms with Crippen LogP contribution in [-0.2, 0) is 12.2 Å². The maximum absolute atomic E-state index is 6.00. The molecule has 0 atom stereocenters. The lowest BCUT2D eigenvalue weighted by Gasteiger charge is -2.04. The van der Waals surface area contributed by atoms with Crippen molar-refractivity contribution in [2.24, 2.45) is 5.92 Å². The highest BCUT2D eigenvalue weighted by Crippen LogP contribution is 2.28. The minimum Gasteiger partial charge on any atom is -0.383 e. The van der Waals surface area contributed by atoms with Crippen LogP contribution in [0.5, 0.6) is 0 Å². The number of thioether (sulfide) groups is 1. The number of aryl methyl sites for hydroxylation is 1. The molecule has 2 heterocycles. The van der Waals surface area contributed by atoms with Crippen LogP contribution >= 0.6 is 23.1 Å². The Bertz CT molecular complexity index is 534. The quantitative estimate of drug-likeness (QED) is 0.907. The molecule has 2 aromatic heterocycles. The van der Waals surface area contributed by atoms with Gasteiger partial charge in [0, 0.05) is 4.88 Å². The third kappa shape index (κ3) is 3.14. The van der Waals surface area contributed by atoms with Gasteiger partial charge in [-0.05, 0) is 24.2 Å². The lowest BCUT2D eigenvalue weighted by atomic mass is 10.3. The molecular formula is C13H19N3S2. The Labute approximate surface area is 116 Å². The zero-order valence-corrected chi connectivity index (χ0v) is 12.7. The summed E-state index contributed by atoms with van der Waals surface area (Å²) >= 11 is 3.59. The maximum atomic E-state index is 6.00. The van der Waals surface area contributed by atoms with E-state index in [1.807, 2.05) is 11.8 Å². The van der Waals surface area contributed by atoms with Gasteiger partial charge in [0.05, 0.1) is 11.1 Å². The predicted molar refractivity (Wildman–Crippen MR) is 82.2 cm³/mol. The standard InChI is InChI=1S/C13H19N3S2/c1-4-9-5-10-12(14)15-11(16-13(10)18-9)7-17-6-8(2)3/h5,8H,4,6-7H2,1-3H3,(H2,14,15,16). The van der Waals surface area contributed by atoms with Gasteiger partial charge in [-0.3, -0.25) is 0 Å². The van der Waals surface area contributed by atoms with E-state index in [2.05, 4.69) is 36.8 Å². The van der Waals surface area contributed by atoms with Gasteiger partial charge in [0.15, 0.2) is 0 Å². The fraction of sp³-hybridized carbons (Fsp3) is 0.538. The largest absolute Gasteiger partial charge is 0.383 e. The van der Waals surface area contributed by atoms with Crippen LogP contribution in [0.25, 0.3) is 10.2 Å². The molecule has 0 amide bonds. The van der Waals surface area contributed by atoms with Gasteiger partial charge in [-0.1, -0.05) is 20.8 Å². The molecule has 0 aliphatic rings. The van der Waals surface area contributed by atoms with Gasteiger partial charge in [-0.15, -0.1) is 11.3 Å². The molecule has 2 N–H and O–H groups in total. The summed E-state index contributed by atoms with van der Waals surface area (Å²) in [5.41, 5.74) is 6.00. The van der Waals surface area contributed by atoms with E-state index in [0.29, 0.717) is 11.7 Å². The highest BCUT2D eigenvalue weighted by atomic mass is 32.2. The average Bonchev–Trinajstić information content (AvgIpc) is 2.72. The number of aromatic nitrogens is 2. The van der Waals surface area contributed by atoms with Gasteiger partial charge in [0.2, 0.25) is 0 Å². The van der Waals surface area contributed by atoms with Gasteiger partial charge in [0.1, 0.15) is 16.5 Å². The van der Waals surface area contributed by atoms with Gasteiger partial charge in [-0.2, -0.15) is 11.8 Å². The number of thiophene rings is 1. The zero-order valence-electron chi connectivity index (χ0n) is 11.1. The predicted octanol–water partition coefficient (Wildman–Crippen LogP) is 3.73. The minimum atomic E-state index is 0.621. The number of rotatable bonds is 5. The summed E-state index contributed by atoms with van der Waals surface area (Å²) in [6.45, 7) is 6.59. The zero-order chi connectivity index (χ0) is 13.1. The summed E-state index contributed by atoms with van der Waals surface area (Å²) in [6.07, 6.45) is 1.03. The SMILES string of the molecule is CCc1cc2c(N)nc(CSCC(C)C)nc2s1. The first-order valence-electron chi connectivity index (χ1n) is 6.22. The molecule has 0 aliphatic carbocycles. The second kappa shape index (κ2) is 5.89. The van der Waals surface area contributed by atoms with E-state index < -0.39 is 0 Å². The maximum Gasteiger partial charge on any atom is 0.142 e. The van der Waals surface area contributed by atoms with E-state index in [1.54, 1.807) is 11.3 Å². The average molecular weight is 281 g/mol. The van der Waals surface area contributed by atoms with Crippen molar-refractivity contribution in [1.82, 2.24) is 9.97 Å². The molecule has 2 aromatic rings. The van der Waals surface area contributed by atoms with Crippen molar-refractivity contribution in [1.29, 1.82) is 0 Å². The van der Waals surface area contributed by atoms with Crippen LogP contribution in [0.1, 0.15) is 31.5 Å². The van der Waals surface area contributed by atoms with Crippen molar-refractivity contribution in [3.63, 3.8) is 0 Å². The van der Waals surface area contributed by atoms with Crippen LogP contribution in [0.2, 0.25) is 0 Å². The van der Waals surface area contributed by atoms with Crippen molar-refractivity contribution in [3.05, 3.63) is 16.8 Å². The summed E-state index contributed by atoms with van der Waals surface area (Å²) in [7, 11) is 0. The smallest absolute Gasteiger partial charge is 0.142 e. The Morgan fingerprint density at radius 1 is 1.39 bits per heavy atom. The lowest BCUT2D eigenvalue weighted by Crippen LogP contribution is -1.99. The highest BCUT2D eigenvalue weighted by molar-refractivity contribution is 7.98. The van der Waals surface area contributed by atoms with Crippen LogP contribution in [0, 0.1) is 5.92 Å². The molecule has 0 radical (unpaired) electrons. The topological polar surface area (TPSA) is 51.8 Å². The monoisotopic (exact) mass is 281 g/mol. The van der Waals surface area contributed by atoms with E-state index >= 15 is 0 Å². The molecule has 3 nitrogen and oxygen atoms in total. The first kappa shape index (κ1) is 13.6. The third-order valence-corrected chi connectivity index (χ3v) is 5.09. The van der Waals surface area contributed by atoms with Crippen molar-refractivity contribution >= 4 is 39.1 Å².